The molecule has 0 spiro atoms. The molecule has 36 heavy (non-hydrogen) atoms. The Kier molecular flexibility index (Phi) is 7.08. The van der Waals surface area contributed by atoms with E-state index in [9.17, 15) is 14.0 Å². The van der Waals surface area contributed by atoms with Crippen molar-refractivity contribution in [2.45, 2.75) is 51.7 Å². The van der Waals surface area contributed by atoms with E-state index in [-0.39, 0.29) is 47.8 Å². The zero-order chi connectivity index (χ0) is 25.2. The van der Waals surface area contributed by atoms with Crippen molar-refractivity contribution in [2.75, 3.05) is 6.61 Å². The van der Waals surface area contributed by atoms with Crippen molar-refractivity contribution < 1.29 is 23.5 Å². The average Bonchev–Trinajstić information content (AvgIpc) is 3.15. The van der Waals surface area contributed by atoms with Crippen molar-refractivity contribution in [3.63, 3.8) is 0 Å². The number of hydrogen-bond donors (Lipinski definition) is 1. The van der Waals surface area contributed by atoms with Gasteiger partial charge in [-0.25, -0.2) is 9.18 Å². The van der Waals surface area contributed by atoms with Gasteiger partial charge in [-0.2, -0.15) is 0 Å². The molecule has 7 atom stereocenters. The van der Waals surface area contributed by atoms with Crippen LogP contribution < -0.4 is 5.32 Å². The first-order valence-electron chi connectivity index (χ1n) is 13.0. The number of cyclic esters (lactones) is 1. The number of alkyl carbamates (subject to hydrolysis) is 1. The number of nitrogens with one attached hydrogen (secondary N) is 1. The summed E-state index contributed by atoms with van der Waals surface area (Å²) in [7, 11) is 0. The minimum absolute atomic E-state index is 0.0679. The Bertz CT molecular complexity index is 1130. The fraction of sp³-hybridized carbons (Fsp3) is 0.483. The summed E-state index contributed by atoms with van der Waals surface area (Å²) in [5, 5.41) is 3.00. The van der Waals surface area contributed by atoms with Gasteiger partial charge in [-0.15, -0.1) is 0 Å². The maximum Gasteiger partial charge on any atom is 0.407 e. The molecule has 6 nitrogen and oxygen atoms in total. The van der Waals surface area contributed by atoms with Crippen LogP contribution in [0.2, 0.25) is 0 Å². The molecule has 1 N–H and O–H groups in total. The lowest BCUT2D eigenvalue weighted by atomic mass is 9.57. The highest BCUT2D eigenvalue weighted by Gasteiger charge is 2.54. The number of esters is 1. The molecule has 1 aromatic heterocycles. The number of halogens is 1. The zero-order valence-corrected chi connectivity index (χ0v) is 20.7. The highest BCUT2D eigenvalue weighted by atomic mass is 19.1. The molecule has 1 aromatic carbocycles. The van der Waals surface area contributed by atoms with E-state index in [0.29, 0.717) is 18.4 Å². The number of rotatable bonds is 5. The predicted molar refractivity (Wildman–Crippen MR) is 134 cm³/mol. The van der Waals surface area contributed by atoms with Gasteiger partial charge in [-0.05, 0) is 87.1 Å². The summed E-state index contributed by atoms with van der Waals surface area (Å²) < 4.78 is 24.3. The molecule has 2 saturated carbocycles. The molecule has 0 unspecified atom stereocenters. The van der Waals surface area contributed by atoms with Crippen molar-refractivity contribution in [3.8, 4) is 11.1 Å². The summed E-state index contributed by atoms with van der Waals surface area (Å²) in [6, 6.07) is 10.4. The van der Waals surface area contributed by atoms with Crippen molar-refractivity contribution >= 4 is 18.1 Å². The molecule has 1 aliphatic heterocycles. The molecule has 190 valence electrons. The second-order valence-electron chi connectivity index (χ2n) is 10.3. The summed E-state index contributed by atoms with van der Waals surface area (Å²) in [6.07, 6.45) is 9.07. The first kappa shape index (κ1) is 24.5. The van der Waals surface area contributed by atoms with E-state index in [1.54, 1.807) is 19.2 Å². The number of benzene rings is 1. The van der Waals surface area contributed by atoms with Crippen LogP contribution in [-0.2, 0) is 14.3 Å². The third kappa shape index (κ3) is 5.01. The zero-order valence-electron chi connectivity index (χ0n) is 20.7. The van der Waals surface area contributed by atoms with Crippen LogP contribution in [0.3, 0.4) is 0 Å². The molecule has 7 heteroatoms. The number of carbonyl (C=O) groups is 2. The van der Waals surface area contributed by atoms with Crippen LogP contribution in [0, 0.1) is 35.4 Å². The van der Waals surface area contributed by atoms with Crippen LogP contribution in [0.5, 0.6) is 0 Å². The van der Waals surface area contributed by atoms with Crippen LogP contribution in [-0.4, -0.2) is 35.8 Å². The Morgan fingerprint density at radius 3 is 2.83 bits per heavy atom. The fourth-order valence-corrected chi connectivity index (χ4v) is 6.64. The topological polar surface area (TPSA) is 77.5 Å². The quantitative estimate of drug-likeness (QED) is 0.548. The summed E-state index contributed by atoms with van der Waals surface area (Å²) in [6.45, 7) is 4.15. The van der Waals surface area contributed by atoms with Gasteiger partial charge in [-0.3, -0.25) is 9.78 Å². The number of fused-ring (bicyclic) bond motifs is 2. The number of amides is 1. The third-order valence-electron chi connectivity index (χ3n) is 8.18. The lowest BCUT2D eigenvalue weighted by molar-refractivity contribution is -0.144. The molecule has 1 saturated heterocycles. The third-order valence-corrected chi connectivity index (χ3v) is 8.18. The van der Waals surface area contributed by atoms with Gasteiger partial charge in [0.25, 0.3) is 0 Å². The van der Waals surface area contributed by atoms with E-state index in [4.69, 9.17) is 9.47 Å². The van der Waals surface area contributed by atoms with Gasteiger partial charge < -0.3 is 14.8 Å². The van der Waals surface area contributed by atoms with Crippen LogP contribution in [0.25, 0.3) is 17.2 Å². The van der Waals surface area contributed by atoms with Gasteiger partial charge in [0.05, 0.1) is 18.2 Å². The summed E-state index contributed by atoms with van der Waals surface area (Å²) >= 11 is 0. The highest BCUT2D eigenvalue weighted by molar-refractivity contribution is 5.75. The van der Waals surface area contributed by atoms with E-state index in [0.717, 1.165) is 42.5 Å². The molecule has 0 radical (unpaired) electrons. The Hall–Kier alpha value is -3.22. The molecule has 2 aliphatic carbocycles. The largest absolute Gasteiger partial charge is 0.462 e. The Morgan fingerprint density at radius 2 is 2.08 bits per heavy atom. The summed E-state index contributed by atoms with van der Waals surface area (Å²) in [5.74, 6) is 0.629. The van der Waals surface area contributed by atoms with Gasteiger partial charge in [0.15, 0.2) is 0 Å². The molecule has 0 bridgehead atoms. The number of aromatic nitrogens is 1. The predicted octanol–water partition coefficient (Wildman–Crippen LogP) is 5.63. The lowest BCUT2D eigenvalue weighted by Gasteiger charge is -2.47. The fourth-order valence-electron chi connectivity index (χ4n) is 6.64. The molecule has 3 aliphatic rings. The van der Waals surface area contributed by atoms with Gasteiger partial charge in [0, 0.05) is 23.7 Å². The Morgan fingerprint density at radius 1 is 1.22 bits per heavy atom. The number of hydrogen-bond acceptors (Lipinski definition) is 5. The number of allylic oxidation sites excluding steroid dienone is 1. The molecule has 2 aromatic rings. The van der Waals surface area contributed by atoms with Crippen LogP contribution in [0.4, 0.5) is 9.18 Å². The van der Waals surface area contributed by atoms with Crippen molar-refractivity contribution in [1.82, 2.24) is 10.3 Å². The van der Waals surface area contributed by atoms with Crippen LogP contribution in [0.15, 0.2) is 48.7 Å². The number of nitrogens with zero attached hydrogens (tertiary/aromatic N) is 1. The number of pyridine rings is 1. The Labute approximate surface area is 211 Å². The normalized spacial score (nSPS) is 31.4. The average molecular weight is 493 g/mol. The van der Waals surface area contributed by atoms with Gasteiger partial charge in [-0.1, -0.05) is 24.3 Å². The molecule has 5 rings (SSSR count). The standard InChI is InChI=1S/C29H33FN2O4/c1-3-35-29(34)32-23-10-11-24-20(14-23)15-26-27(17(2)36-28(26)33)25(24)12-9-22-8-7-19(16-31-22)18-5-4-6-21(30)13-18/h4-9,12-13,16-17,20,23-27H,3,10-11,14-15H2,1-2H3,(H,32,34)/b12-9+/t17-,20+,23+,24+,25+,26-,27+/m1/s1. The Balaban J connectivity index is 1.34. The monoisotopic (exact) mass is 492 g/mol. The van der Waals surface area contributed by atoms with E-state index in [2.05, 4.69) is 16.4 Å². The van der Waals surface area contributed by atoms with Crippen LogP contribution in [0.1, 0.15) is 45.2 Å². The summed E-state index contributed by atoms with van der Waals surface area (Å²) in [4.78, 5) is 29.2. The smallest absolute Gasteiger partial charge is 0.407 e. The number of carbonyl (C=O) groups excluding carboxylic acids is 2. The van der Waals surface area contributed by atoms with Crippen molar-refractivity contribution in [2.24, 2.45) is 29.6 Å². The molecule has 3 fully saturated rings. The first-order chi connectivity index (χ1) is 17.4. The van der Waals surface area contributed by atoms with Gasteiger partial charge in [0.2, 0.25) is 0 Å². The lowest BCUT2D eigenvalue weighted by Crippen LogP contribution is -2.48. The summed E-state index contributed by atoms with van der Waals surface area (Å²) in [5.41, 5.74) is 2.48. The molecular weight excluding hydrogens is 459 g/mol. The highest BCUT2D eigenvalue weighted by Crippen LogP contribution is 2.53. The van der Waals surface area contributed by atoms with E-state index >= 15 is 0 Å². The maximum atomic E-state index is 13.6. The second kappa shape index (κ2) is 10.4. The van der Waals surface area contributed by atoms with Crippen LogP contribution >= 0.6 is 0 Å². The molecule has 1 amide bonds. The number of ether oxygens (including phenoxy) is 2. The van der Waals surface area contributed by atoms with Gasteiger partial charge in [0.1, 0.15) is 11.9 Å². The minimum Gasteiger partial charge on any atom is -0.462 e. The van der Waals surface area contributed by atoms with Gasteiger partial charge >= 0.3 is 12.1 Å². The van der Waals surface area contributed by atoms with E-state index in [1.807, 2.05) is 31.2 Å². The first-order valence-corrected chi connectivity index (χ1v) is 13.0. The SMILES string of the molecule is CCOC(=O)N[C@H]1CC[C@H]2[C@@H](C1)C[C@H]1C(=O)O[C@H](C)[C@H]1[C@H]2/C=C/c1ccc(-c2cccc(F)c2)cn1. The van der Waals surface area contributed by atoms with Crippen molar-refractivity contribution in [3.05, 3.63) is 60.2 Å². The molecule has 2 heterocycles. The molecular formula is C29H33FN2O4. The van der Waals surface area contributed by atoms with E-state index < -0.39 is 0 Å². The second-order valence-corrected chi connectivity index (χ2v) is 10.3. The van der Waals surface area contributed by atoms with Crippen molar-refractivity contribution in [1.29, 1.82) is 0 Å². The van der Waals surface area contributed by atoms with E-state index in [1.165, 1.54) is 12.1 Å². The minimum atomic E-state index is -0.368. The maximum absolute atomic E-state index is 13.6.